The third kappa shape index (κ3) is 3.45. The maximum Gasteiger partial charge on any atom is 0.228 e. The molecular formula is C15H16ClN3OS2. The van der Waals surface area contributed by atoms with Crippen LogP contribution in [0.3, 0.4) is 0 Å². The van der Waals surface area contributed by atoms with Gasteiger partial charge in [-0.05, 0) is 31.2 Å². The third-order valence-electron chi connectivity index (χ3n) is 3.40. The molecular weight excluding hydrogens is 338 g/mol. The summed E-state index contributed by atoms with van der Waals surface area (Å²) in [6, 6.07) is 4.10. The summed E-state index contributed by atoms with van der Waals surface area (Å²) in [6.45, 7) is 0. The summed E-state index contributed by atoms with van der Waals surface area (Å²) in [5.41, 5.74) is 0.924. The Morgan fingerprint density at radius 1 is 1.55 bits per heavy atom. The van der Waals surface area contributed by atoms with Crippen LogP contribution in [0.15, 0.2) is 24.5 Å². The number of aromatic nitrogens is 2. The number of halogens is 1. The van der Waals surface area contributed by atoms with Gasteiger partial charge in [0.15, 0.2) is 5.15 Å². The third-order valence-corrected chi connectivity index (χ3v) is 5.49. The molecule has 1 fully saturated rings. The monoisotopic (exact) mass is 353 g/mol. The van der Waals surface area contributed by atoms with Crippen LogP contribution >= 0.6 is 34.7 Å². The van der Waals surface area contributed by atoms with E-state index in [0.29, 0.717) is 11.6 Å². The van der Waals surface area contributed by atoms with Crippen molar-refractivity contribution in [2.75, 3.05) is 16.9 Å². The number of anilines is 1. The van der Waals surface area contributed by atoms with Gasteiger partial charge < -0.3 is 0 Å². The summed E-state index contributed by atoms with van der Waals surface area (Å²) < 4.78 is 0. The van der Waals surface area contributed by atoms with Crippen molar-refractivity contribution in [1.82, 2.24) is 9.97 Å². The van der Waals surface area contributed by atoms with Gasteiger partial charge in [-0.3, -0.25) is 14.7 Å². The summed E-state index contributed by atoms with van der Waals surface area (Å²) >= 11 is 9.47. The fourth-order valence-corrected chi connectivity index (χ4v) is 3.94. The molecule has 0 bridgehead atoms. The number of carbonyl (C=O) groups excluding carboxylic acids is 1. The van der Waals surface area contributed by atoms with Crippen molar-refractivity contribution in [3.63, 3.8) is 0 Å². The molecule has 22 heavy (non-hydrogen) atoms. The van der Waals surface area contributed by atoms with Gasteiger partial charge in [0.25, 0.3) is 0 Å². The minimum Gasteiger partial charge on any atom is -0.298 e. The predicted octanol–water partition coefficient (Wildman–Crippen LogP) is 4.11. The summed E-state index contributed by atoms with van der Waals surface area (Å²) in [4.78, 5) is 22.9. The van der Waals surface area contributed by atoms with Gasteiger partial charge in [0.2, 0.25) is 5.91 Å². The van der Waals surface area contributed by atoms with Gasteiger partial charge in [0, 0.05) is 36.2 Å². The smallest absolute Gasteiger partial charge is 0.228 e. The molecule has 1 saturated carbocycles. The number of nitrogens with zero attached hydrogens (tertiary/aromatic N) is 3. The zero-order valence-corrected chi connectivity index (χ0v) is 14.5. The van der Waals surface area contributed by atoms with Crippen molar-refractivity contribution in [2.24, 2.45) is 0 Å². The van der Waals surface area contributed by atoms with E-state index in [9.17, 15) is 4.79 Å². The number of thioether (sulfide) groups is 1. The molecule has 3 rings (SSSR count). The van der Waals surface area contributed by atoms with Crippen molar-refractivity contribution >= 4 is 45.6 Å². The van der Waals surface area contributed by atoms with Crippen molar-refractivity contribution < 1.29 is 4.79 Å². The molecule has 2 aromatic heterocycles. The molecule has 0 saturated heterocycles. The molecule has 0 radical (unpaired) electrons. The molecule has 1 aliphatic carbocycles. The molecule has 1 amide bonds. The van der Waals surface area contributed by atoms with Crippen molar-refractivity contribution in [3.8, 4) is 10.6 Å². The topological polar surface area (TPSA) is 46.1 Å². The van der Waals surface area contributed by atoms with E-state index in [1.807, 2.05) is 23.3 Å². The van der Waals surface area contributed by atoms with Gasteiger partial charge in [-0.15, -0.1) is 0 Å². The van der Waals surface area contributed by atoms with E-state index < -0.39 is 0 Å². The average molecular weight is 354 g/mol. The van der Waals surface area contributed by atoms with Gasteiger partial charge in [-0.2, -0.15) is 11.8 Å². The number of amides is 1. The van der Waals surface area contributed by atoms with Gasteiger partial charge in [-0.1, -0.05) is 22.9 Å². The molecule has 1 aliphatic rings. The molecule has 2 aromatic rings. The lowest BCUT2D eigenvalue weighted by molar-refractivity contribution is -0.118. The Hall–Kier alpha value is -1.11. The molecule has 2 heterocycles. The lowest BCUT2D eigenvalue weighted by atomic mass is 10.3. The van der Waals surface area contributed by atoms with Crippen LogP contribution in [0, 0.1) is 0 Å². The van der Waals surface area contributed by atoms with E-state index in [4.69, 9.17) is 11.6 Å². The minimum absolute atomic E-state index is 0.139. The maximum absolute atomic E-state index is 12.5. The zero-order valence-electron chi connectivity index (χ0n) is 12.2. The molecule has 0 atom stereocenters. The highest BCUT2D eigenvalue weighted by atomic mass is 35.5. The standard InChI is InChI=1S/C15H16ClN3OS2/c1-21-8-6-12(20)19(11-4-5-11)15-13(16)18-14(22-15)10-3-2-7-17-9-10/h2-3,7,9,11H,4-6,8H2,1H3. The number of hydrogen-bond acceptors (Lipinski definition) is 5. The van der Waals surface area contributed by atoms with Gasteiger partial charge in [0.1, 0.15) is 10.0 Å². The number of pyridine rings is 1. The van der Waals surface area contributed by atoms with E-state index >= 15 is 0 Å². The molecule has 0 aromatic carbocycles. The van der Waals surface area contributed by atoms with Crippen LogP contribution in [-0.2, 0) is 4.79 Å². The van der Waals surface area contributed by atoms with Crippen molar-refractivity contribution in [1.29, 1.82) is 0 Å². The molecule has 7 heteroatoms. The lowest BCUT2D eigenvalue weighted by Gasteiger charge is -2.20. The van der Waals surface area contributed by atoms with Gasteiger partial charge >= 0.3 is 0 Å². The summed E-state index contributed by atoms with van der Waals surface area (Å²) in [6.07, 6.45) is 8.12. The van der Waals surface area contributed by atoms with E-state index in [1.165, 1.54) is 11.3 Å². The number of carbonyl (C=O) groups is 1. The van der Waals surface area contributed by atoms with Crippen LogP contribution in [0.2, 0.25) is 5.15 Å². The highest BCUT2D eigenvalue weighted by molar-refractivity contribution is 7.98. The molecule has 116 valence electrons. The predicted molar refractivity (Wildman–Crippen MR) is 93.9 cm³/mol. The normalized spacial score (nSPS) is 14.1. The largest absolute Gasteiger partial charge is 0.298 e. The number of hydrogen-bond donors (Lipinski definition) is 0. The van der Waals surface area contributed by atoms with Crippen LogP contribution in [0.25, 0.3) is 10.6 Å². The Morgan fingerprint density at radius 3 is 3.00 bits per heavy atom. The second kappa shape index (κ2) is 6.98. The molecule has 0 aliphatic heterocycles. The minimum atomic E-state index is 0.139. The first kappa shape index (κ1) is 15.8. The van der Waals surface area contributed by atoms with Crippen LogP contribution in [0.5, 0.6) is 0 Å². The molecule has 4 nitrogen and oxygen atoms in total. The molecule has 0 spiro atoms. The van der Waals surface area contributed by atoms with E-state index in [-0.39, 0.29) is 11.9 Å². The number of rotatable bonds is 6. The highest BCUT2D eigenvalue weighted by Crippen LogP contribution is 2.42. The zero-order chi connectivity index (χ0) is 15.5. The molecule has 0 N–H and O–H groups in total. The second-order valence-corrected chi connectivity index (χ2v) is 7.42. The summed E-state index contributed by atoms with van der Waals surface area (Å²) in [5.74, 6) is 0.966. The molecule has 0 unspecified atom stereocenters. The lowest BCUT2D eigenvalue weighted by Crippen LogP contribution is -2.32. The Morgan fingerprint density at radius 2 is 2.36 bits per heavy atom. The second-order valence-electron chi connectivity index (χ2n) is 5.09. The van der Waals surface area contributed by atoms with Gasteiger partial charge in [-0.25, -0.2) is 4.98 Å². The first-order valence-electron chi connectivity index (χ1n) is 7.08. The Balaban J connectivity index is 1.89. The Bertz CT molecular complexity index is 658. The van der Waals surface area contributed by atoms with Gasteiger partial charge in [0.05, 0.1) is 0 Å². The van der Waals surface area contributed by atoms with Crippen LogP contribution < -0.4 is 4.90 Å². The summed E-state index contributed by atoms with van der Waals surface area (Å²) in [7, 11) is 0. The van der Waals surface area contributed by atoms with Crippen LogP contribution in [-0.4, -0.2) is 33.9 Å². The van der Waals surface area contributed by atoms with E-state index in [1.54, 1.807) is 24.2 Å². The fraction of sp³-hybridized carbons (Fsp3) is 0.400. The summed E-state index contributed by atoms with van der Waals surface area (Å²) in [5, 5.41) is 1.98. The SMILES string of the molecule is CSCCC(=O)N(c1sc(-c2cccnc2)nc1Cl)C1CC1. The maximum atomic E-state index is 12.5. The Kier molecular flexibility index (Phi) is 5.00. The fourth-order valence-electron chi connectivity index (χ4n) is 2.18. The van der Waals surface area contributed by atoms with Crippen molar-refractivity contribution in [3.05, 3.63) is 29.7 Å². The van der Waals surface area contributed by atoms with Crippen LogP contribution in [0.1, 0.15) is 19.3 Å². The highest BCUT2D eigenvalue weighted by Gasteiger charge is 2.36. The number of thiazole rings is 1. The van der Waals surface area contributed by atoms with Crippen molar-refractivity contribution in [2.45, 2.75) is 25.3 Å². The van der Waals surface area contributed by atoms with E-state index in [0.717, 1.165) is 34.2 Å². The van der Waals surface area contributed by atoms with E-state index in [2.05, 4.69) is 9.97 Å². The Labute approximate surface area is 142 Å². The van der Waals surface area contributed by atoms with Crippen LogP contribution in [0.4, 0.5) is 5.00 Å². The quantitative estimate of drug-likeness (QED) is 0.784. The first-order valence-corrected chi connectivity index (χ1v) is 9.67. The average Bonchev–Trinajstić information content (AvgIpc) is 3.30. The first-order chi connectivity index (χ1) is 10.7.